The van der Waals surface area contributed by atoms with Gasteiger partial charge in [-0.15, -0.1) is 0 Å². The highest BCUT2D eigenvalue weighted by molar-refractivity contribution is 5.69. The van der Waals surface area contributed by atoms with Gasteiger partial charge in [-0.3, -0.25) is 4.79 Å². The SMILES string of the molecule is CCC(CCCCCCCC(C)(C)C)C(=O)O. The van der Waals surface area contributed by atoms with E-state index in [0.717, 1.165) is 19.3 Å². The molecule has 0 bridgehead atoms. The quantitative estimate of drug-likeness (QED) is 0.585. The number of hydrogen-bond donors (Lipinski definition) is 1. The Labute approximate surface area is 107 Å². The summed E-state index contributed by atoms with van der Waals surface area (Å²) < 4.78 is 0. The average Bonchev–Trinajstić information content (AvgIpc) is 2.20. The molecule has 1 N–H and O–H groups in total. The van der Waals surface area contributed by atoms with E-state index in [9.17, 15) is 4.79 Å². The van der Waals surface area contributed by atoms with Crippen molar-refractivity contribution in [3.63, 3.8) is 0 Å². The maximum Gasteiger partial charge on any atom is 0.306 e. The number of carbonyl (C=O) groups is 1. The lowest BCUT2D eigenvalue weighted by atomic mass is 9.89. The molecule has 0 fully saturated rings. The van der Waals surface area contributed by atoms with Crippen LogP contribution >= 0.6 is 0 Å². The van der Waals surface area contributed by atoms with Gasteiger partial charge < -0.3 is 5.11 Å². The van der Waals surface area contributed by atoms with Gasteiger partial charge in [-0.05, 0) is 24.7 Å². The topological polar surface area (TPSA) is 37.3 Å². The van der Waals surface area contributed by atoms with Gasteiger partial charge in [0.25, 0.3) is 0 Å². The molecule has 1 atom stereocenters. The van der Waals surface area contributed by atoms with Crippen molar-refractivity contribution in [3.05, 3.63) is 0 Å². The van der Waals surface area contributed by atoms with Crippen LogP contribution in [0.2, 0.25) is 0 Å². The van der Waals surface area contributed by atoms with E-state index in [0.29, 0.717) is 5.41 Å². The van der Waals surface area contributed by atoms with Crippen LogP contribution in [0.4, 0.5) is 0 Å². The van der Waals surface area contributed by atoms with Crippen LogP contribution in [0, 0.1) is 11.3 Å². The Morgan fingerprint density at radius 1 is 1.06 bits per heavy atom. The molecule has 0 aromatic heterocycles. The standard InChI is InChI=1S/C15H30O2/c1-5-13(14(16)17)11-9-7-6-8-10-12-15(2,3)4/h13H,5-12H2,1-4H3,(H,16,17). The lowest BCUT2D eigenvalue weighted by Crippen LogP contribution is -2.12. The molecule has 0 saturated heterocycles. The molecule has 0 saturated carbocycles. The van der Waals surface area contributed by atoms with Gasteiger partial charge in [0.2, 0.25) is 0 Å². The molecule has 0 spiro atoms. The van der Waals surface area contributed by atoms with E-state index in [1.54, 1.807) is 0 Å². The maximum absolute atomic E-state index is 10.8. The van der Waals surface area contributed by atoms with Gasteiger partial charge in [-0.2, -0.15) is 0 Å². The predicted octanol–water partition coefficient (Wildman–Crippen LogP) is 4.87. The summed E-state index contributed by atoms with van der Waals surface area (Å²) in [6.07, 6.45) is 9.02. The zero-order chi connectivity index (χ0) is 13.3. The van der Waals surface area contributed by atoms with Crippen molar-refractivity contribution in [1.82, 2.24) is 0 Å². The molecule has 0 amide bonds. The van der Waals surface area contributed by atoms with Gasteiger partial charge >= 0.3 is 5.97 Å². The van der Waals surface area contributed by atoms with Gasteiger partial charge in [0.1, 0.15) is 0 Å². The highest BCUT2D eigenvalue weighted by Crippen LogP contribution is 2.23. The molecule has 0 radical (unpaired) electrons. The third-order valence-electron chi connectivity index (χ3n) is 3.32. The number of carboxylic acid groups (broad SMARTS) is 1. The first-order valence-electron chi connectivity index (χ1n) is 7.09. The summed E-state index contributed by atoms with van der Waals surface area (Å²) in [6, 6.07) is 0. The fourth-order valence-corrected chi connectivity index (χ4v) is 2.08. The normalized spacial score (nSPS) is 13.6. The third kappa shape index (κ3) is 10.3. The highest BCUT2D eigenvalue weighted by Gasteiger charge is 2.13. The first kappa shape index (κ1) is 16.5. The van der Waals surface area contributed by atoms with Crippen LogP contribution in [0.25, 0.3) is 0 Å². The van der Waals surface area contributed by atoms with Crippen molar-refractivity contribution in [2.75, 3.05) is 0 Å². The van der Waals surface area contributed by atoms with E-state index in [-0.39, 0.29) is 5.92 Å². The largest absolute Gasteiger partial charge is 0.481 e. The minimum atomic E-state index is -0.625. The monoisotopic (exact) mass is 242 g/mol. The third-order valence-corrected chi connectivity index (χ3v) is 3.32. The molecule has 0 rings (SSSR count). The van der Waals surface area contributed by atoms with E-state index in [1.165, 1.54) is 32.1 Å². The van der Waals surface area contributed by atoms with Gasteiger partial charge in [-0.25, -0.2) is 0 Å². The average molecular weight is 242 g/mol. The minimum absolute atomic E-state index is 0.121. The van der Waals surface area contributed by atoms with Crippen LogP contribution in [-0.2, 0) is 4.79 Å². The zero-order valence-electron chi connectivity index (χ0n) is 12.1. The van der Waals surface area contributed by atoms with Gasteiger partial charge in [0.15, 0.2) is 0 Å². The Balaban J connectivity index is 3.38. The zero-order valence-corrected chi connectivity index (χ0v) is 12.1. The molecule has 2 nitrogen and oxygen atoms in total. The summed E-state index contributed by atoms with van der Waals surface area (Å²) in [5, 5.41) is 8.90. The van der Waals surface area contributed by atoms with Crippen LogP contribution in [0.1, 0.15) is 79.1 Å². The number of carboxylic acids is 1. The molecular formula is C15H30O2. The predicted molar refractivity (Wildman–Crippen MR) is 73.2 cm³/mol. The van der Waals surface area contributed by atoms with E-state index in [2.05, 4.69) is 20.8 Å². The summed E-state index contributed by atoms with van der Waals surface area (Å²) in [6.45, 7) is 8.81. The second-order valence-electron chi connectivity index (χ2n) is 6.31. The fraction of sp³-hybridized carbons (Fsp3) is 0.933. The molecule has 0 aliphatic carbocycles. The first-order chi connectivity index (χ1) is 7.87. The van der Waals surface area contributed by atoms with Crippen molar-refractivity contribution in [3.8, 4) is 0 Å². The lowest BCUT2D eigenvalue weighted by molar-refractivity contribution is -0.142. The Morgan fingerprint density at radius 3 is 2.06 bits per heavy atom. The Morgan fingerprint density at radius 2 is 1.59 bits per heavy atom. The van der Waals surface area contributed by atoms with Crippen molar-refractivity contribution in [2.24, 2.45) is 11.3 Å². The highest BCUT2D eigenvalue weighted by atomic mass is 16.4. The number of aliphatic carboxylic acids is 1. The molecule has 0 aromatic carbocycles. The number of hydrogen-bond acceptors (Lipinski definition) is 1. The summed E-state index contributed by atoms with van der Waals surface area (Å²) in [4.78, 5) is 10.8. The number of rotatable bonds is 9. The van der Waals surface area contributed by atoms with Crippen molar-refractivity contribution < 1.29 is 9.90 Å². The van der Waals surface area contributed by atoms with Crippen molar-refractivity contribution in [2.45, 2.75) is 79.1 Å². The fourth-order valence-electron chi connectivity index (χ4n) is 2.08. The van der Waals surface area contributed by atoms with Gasteiger partial charge in [0, 0.05) is 0 Å². The molecular weight excluding hydrogens is 212 g/mol. The molecule has 0 heterocycles. The second kappa shape index (κ2) is 8.54. The molecule has 2 heteroatoms. The Bertz CT molecular complexity index is 203. The van der Waals surface area contributed by atoms with E-state index >= 15 is 0 Å². The van der Waals surface area contributed by atoms with Crippen molar-refractivity contribution in [1.29, 1.82) is 0 Å². The second-order valence-corrected chi connectivity index (χ2v) is 6.31. The molecule has 0 aromatic rings. The van der Waals surface area contributed by atoms with Crippen LogP contribution in [0.5, 0.6) is 0 Å². The van der Waals surface area contributed by atoms with Crippen LogP contribution in [-0.4, -0.2) is 11.1 Å². The summed E-state index contributed by atoms with van der Waals surface area (Å²) in [7, 11) is 0. The number of unbranched alkanes of at least 4 members (excludes halogenated alkanes) is 4. The van der Waals surface area contributed by atoms with Crippen LogP contribution in [0.3, 0.4) is 0 Å². The molecule has 1 unspecified atom stereocenters. The lowest BCUT2D eigenvalue weighted by Gasteiger charge is -2.17. The smallest absolute Gasteiger partial charge is 0.306 e. The molecule has 0 aliphatic rings. The van der Waals surface area contributed by atoms with Crippen molar-refractivity contribution >= 4 is 5.97 Å². The minimum Gasteiger partial charge on any atom is -0.481 e. The van der Waals surface area contributed by atoms with E-state index in [1.807, 2.05) is 6.92 Å². The first-order valence-corrected chi connectivity index (χ1v) is 7.09. The molecule has 0 aliphatic heterocycles. The van der Waals surface area contributed by atoms with Gasteiger partial charge in [-0.1, -0.05) is 59.8 Å². The summed E-state index contributed by atoms with van der Waals surface area (Å²) in [5.41, 5.74) is 0.455. The van der Waals surface area contributed by atoms with E-state index < -0.39 is 5.97 Å². The van der Waals surface area contributed by atoms with Gasteiger partial charge in [0.05, 0.1) is 5.92 Å². The summed E-state index contributed by atoms with van der Waals surface area (Å²) >= 11 is 0. The summed E-state index contributed by atoms with van der Waals surface area (Å²) in [5.74, 6) is -0.746. The Kier molecular flexibility index (Phi) is 8.28. The molecule has 102 valence electrons. The van der Waals surface area contributed by atoms with Crippen LogP contribution < -0.4 is 0 Å². The van der Waals surface area contributed by atoms with Crippen LogP contribution in [0.15, 0.2) is 0 Å². The molecule has 17 heavy (non-hydrogen) atoms. The maximum atomic E-state index is 10.8. The van der Waals surface area contributed by atoms with E-state index in [4.69, 9.17) is 5.11 Å². The Hall–Kier alpha value is -0.530.